The van der Waals surface area contributed by atoms with Crippen LogP contribution in [0.5, 0.6) is 0 Å². The lowest BCUT2D eigenvalue weighted by Gasteiger charge is -2.03. The number of nitrogens with one attached hydrogen (secondary N) is 1. The van der Waals surface area contributed by atoms with E-state index in [0.717, 1.165) is 27.3 Å². The van der Waals surface area contributed by atoms with Gasteiger partial charge in [0.05, 0.1) is 20.3 Å². The molecule has 4 rings (SSSR count). The predicted molar refractivity (Wildman–Crippen MR) is 124 cm³/mol. The maximum Gasteiger partial charge on any atom is 0.248 e. The first kappa shape index (κ1) is 19.6. The van der Waals surface area contributed by atoms with Gasteiger partial charge in [-0.05, 0) is 72.7 Å². The second-order valence-corrected chi connectivity index (χ2v) is 8.41. The summed E-state index contributed by atoms with van der Waals surface area (Å²) in [5, 5.41) is 4.75. The molecule has 3 aromatic carbocycles. The van der Waals surface area contributed by atoms with E-state index in [0.29, 0.717) is 10.0 Å². The highest BCUT2D eigenvalue weighted by Crippen LogP contribution is 2.31. The highest BCUT2D eigenvalue weighted by molar-refractivity contribution is 7.21. The molecule has 0 atom stereocenters. The zero-order valence-corrected chi connectivity index (χ0v) is 17.8. The number of benzene rings is 3. The Morgan fingerprint density at radius 2 is 1.79 bits per heavy atom. The van der Waals surface area contributed by atoms with Crippen molar-refractivity contribution in [2.75, 3.05) is 5.32 Å². The van der Waals surface area contributed by atoms with Gasteiger partial charge >= 0.3 is 0 Å². The Balaban J connectivity index is 1.45. The molecule has 144 valence electrons. The zero-order valence-electron chi connectivity index (χ0n) is 15.4. The predicted octanol–water partition coefficient (Wildman–Crippen LogP) is 7.23. The van der Waals surface area contributed by atoms with Crippen molar-refractivity contribution in [2.24, 2.45) is 0 Å². The first-order chi connectivity index (χ1) is 14.0. The molecule has 0 radical (unpaired) electrons. The fraction of sp³-hybridized carbons (Fsp3) is 0.0435. The van der Waals surface area contributed by atoms with Gasteiger partial charge in [0.2, 0.25) is 5.91 Å². The fourth-order valence-electron chi connectivity index (χ4n) is 2.82. The van der Waals surface area contributed by atoms with E-state index in [1.807, 2.05) is 30.3 Å². The SMILES string of the molecule is Cc1ccc2nc(-c3ccc(NC(=O)C=Cc4ccc(Cl)c(Cl)c4)cc3)sc2c1. The Kier molecular flexibility index (Phi) is 5.67. The summed E-state index contributed by atoms with van der Waals surface area (Å²) in [7, 11) is 0. The first-order valence-corrected chi connectivity index (χ1v) is 10.5. The monoisotopic (exact) mass is 438 g/mol. The lowest BCUT2D eigenvalue weighted by atomic mass is 10.2. The van der Waals surface area contributed by atoms with Gasteiger partial charge in [0.1, 0.15) is 5.01 Å². The normalized spacial score (nSPS) is 11.3. The number of amides is 1. The molecule has 0 spiro atoms. The average Bonchev–Trinajstić information content (AvgIpc) is 3.12. The summed E-state index contributed by atoms with van der Waals surface area (Å²) < 4.78 is 1.17. The molecule has 29 heavy (non-hydrogen) atoms. The number of nitrogens with zero attached hydrogens (tertiary/aromatic N) is 1. The van der Waals surface area contributed by atoms with Crippen molar-refractivity contribution < 1.29 is 4.79 Å². The summed E-state index contributed by atoms with van der Waals surface area (Å²) in [6, 6.07) is 19.1. The lowest BCUT2D eigenvalue weighted by Crippen LogP contribution is -2.07. The zero-order chi connectivity index (χ0) is 20.4. The minimum Gasteiger partial charge on any atom is -0.323 e. The van der Waals surface area contributed by atoms with Gasteiger partial charge in [0, 0.05) is 17.3 Å². The number of fused-ring (bicyclic) bond motifs is 1. The summed E-state index contributed by atoms with van der Waals surface area (Å²) in [6.07, 6.45) is 3.15. The van der Waals surface area contributed by atoms with E-state index in [1.54, 1.807) is 35.6 Å². The second kappa shape index (κ2) is 8.37. The van der Waals surface area contributed by atoms with Crippen LogP contribution in [0, 0.1) is 6.92 Å². The van der Waals surface area contributed by atoms with E-state index in [2.05, 4.69) is 24.4 Å². The molecule has 0 fully saturated rings. The van der Waals surface area contributed by atoms with Crippen molar-refractivity contribution in [1.29, 1.82) is 0 Å². The van der Waals surface area contributed by atoms with Crippen LogP contribution < -0.4 is 5.32 Å². The number of hydrogen-bond acceptors (Lipinski definition) is 3. The van der Waals surface area contributed by atoms with Gasteiger partial charge in [-0.2, -0.15) is 0 Å². The molecule has 0 aliphatic rings. The fourth-order valence-corrected chi connectivity index (χ4v) is 4.20. The van der Waals surface area contributed by atoms with Crippen molar-refractivity contribution in [2.45, 2.75) is 6.92 Å². The molecule has 4 aromatic rings. The average molecular weight is 439 g/mol. The molecule has 1 amide bonds. The number of hydrogen-bond donors (Lipinski definition) is 1. The molecule has 1 heterocycles. The Bertz CT molecular complexity index is 1230. The summed E-state index contributed by atoms with van der Waals surface area (Å²) >= 11 is 13.5. The number of carbonyl (C=O) groups is 1. The standard InChI is InChI=1S/C23H16Cl2N2OS/c1-14-2-10-20-21(12-14)29-23(27-20)16-5-7-17(8-6-16)26-22(28)11-4-15-3-9-18(24)19(25)13-15/h2-13H,1H3,(H,26,28). The van der Waals surface area contributed by atoms with Crippen LogP contribution in [0.1, 0.15) is 11.1 Å². The molecule has 6 heteroatoms. The molecule has 0 bridgehead atoms. The number of halogens is 2. The summed E-state index contributed by atoms with van der Waals surface area (Å²) in [4.78, 5) is 16.9. The van der Waals surface area contributed by atoms with Crippen LogP contribution in [-0.2, 0) is 4.79 Å². The molecule has 0 aliphatic carbocycles. The van der Waals surface area contributed by atoms with Crippen molar-refractivity contribution in [3.8, 4) is 10.6 Å². The summed E-state index contributed by atoms with van der Waals surface area (Å²) in [5.41, 5.74) is 4.76. The number of aryl methyl sites for hydroxylation is 1. The number of aromatic nitrogens is 1. The molecule has 3 nitrogen and oxygen atoms in total. The van der Waals surface area contributed by atoms with E-state index < -0.39 is 0 Å². The number of thiazole rings is 1. The van der Waals surface area contributed by atoms with Gasteiger partial charge in [-0.25, -0.2) is 4.98 Å². The topological polar surface area (TPSA) is 42.0 Å². The minimum atomic E-state index is -0.223. The number of carbonyl (C=O) groups excluding carboxylic acids is 1. The lowest BCUT2D eigenvalue weighted by molar-refractivity contribution is -0.111. The Morgan fingerprint density at radius 1 is 1.00 bits per heavy atom. The van der Waals surface area contributed by atoms with Crippen LogP contribution in [0.25, 0.3) is 26.9 Å². The Labute approximate surface area is 182 Å². The van der Waals surface area contributed by atoms with Crippen LogP contribution in [-0.4, -0.2) is 10.9 Å². The Hall–Kier alpha value is -2.66. The van der Waals surface area contributed by atoms with Crippen LogP contribution >= 0.6 is 34.5 Å². The van der Waals surface area contributed by atoms with E-state index in [4.69, 9.17) is 28.2 Å². The summed E-state index contributed by atoms with van der Waals surface area (Å²) in [6.45, 7) is 2.08. The van der Waals surface area contributed by atoms with Gasteiger partial charge in [-0.15, -0.1) is 11.3 Å². The van der Waals surface area contributed by atoms with Crippen molar-refractivity contribution in [3.05, 3.63) is 87.9 Å². The van der Waals surface area contributed by atoms with Gasteiger partial charge in [0.15, 0.2) is 0 Å². The van der Waals surface area contributed by atoms with Gasteiger partial charge < -0.3 is 5.32 Å². The maximum absolute atomic E-state index is 12.2. The second-order valence-electron chi connectivity index (χ2n) is 6.56. The molecular formula is C23H16Cl2N2OS. The third-order valence-corrected chi connectivity index (χ3v) is 6.12. The molecule has 0 saturated carbocycles. The molecule has 1 aromatic heterocycles. The van der Waals surface area contributed by atoms with Crippen LogP contribution in [0.2, 0.25) is 10.0 Å². The summed E-state index contributed by atoms with van der Waals surface area (Å²) in [5.74, 6) is -0.223. The molecule has 0 unspecified atom stereocenters. The molecule has 0 saturated heterocycles. The maximum atomic E-state index is 12.2. The molecule has 0 aliphatic heterocycles. The first-order valence-electron chi connectivity index (χ1n) is 8.90. The van der Waals surface area contributed by atoms with Gasteiger partial charge in [-0.1, -0.05) is 35.3 Å². The minimum absolute atomic E-state index is 0.223. The van der Waals surface area contributed by atoms with Crippen molar-refractivity contribution in [3.63, 3.8) is 0 Å². The number of rotatable bonds is 4. The van der Waals surface area contributed by atoms with E-state index in [1.165, 1.54) is 16.3 Å². The van der Waals surface area contributed by atoms with Crippen LogP contribution in [0.3, 0.4) is 0 Å². The van der Waals surface area contributed by atoms with Crippen molar-refractivity contribution in [1.82, 2.24) is 4.98 Å². The van der Waals surface area contributed by atoms with Crippen molar-refractivity contribution >= 4 is 62.4 Å². The largest absolute Gasteiger partial charge is 0.323 e. The van der Waals surface area contributed by atoms with Crippen LogP contribution in [0.4, 0.5) is 5.69 Å². The van der Waals surface area contributed by atoms with Gasteiger partial charge in [-0.3, -0.25) is 4.79 Å². The highest BCUT2D eigenvalue weighted by Gasteiger charge is 2.07. The van der Waals surface area contributed by atoms with Gasteiger partial charge in [0.25, 0.3) is 0 Å². The number of anilines is 1. The van der Waals surface area contributed by atoms with E-state index >= 15 is 0 Å². The third kappa shape index (κ3) is 4.67. The molecular weight excluding hydrogens is 423 g/mol. The molecule has 1 N–H and O–H groups in total. The Morgan fingerprint density at radius 3 is 2.55 bits per heavy atom. The smallest absolute Gasteiger partial charge is 0.248 e. The quantitative estimate of drug-likeness (QED) is 0.341. The van der Waals surface area contributed by atoms with E-state index in [-0.39, 0.29) is 5.91 Å². The highest BCUT2D eigenvalue weighted by atomic mass is 35.5. The van der Waals surface area contributed by atoms with Crippen LogP contribution in [0.15, 0.2) is 66.7 Å². The van der Waals surface area contributed by atoms with E-state index in [9.17, 15) is 4.79 Å². The third-order valence-electron chi connectivity index (χ3n) is 4.31.